The van der Waals surface area contributed by atoms with Crippen molar-refractivity contribution < 1.29 is 10.2 Å². The number of rotatable bonds is 3. The smallest absolute Gasteiger partial charge is 0.165 e. The van der Waals surface area contributed by atoms with Crippen molar-refractivity contribution in [2.24, 2.45) is 11.8 Å². The Morgan fingerprint density at radius 3 is 2.75 bits per heavy atom. The summed E-state index contributed by atoms with van der Waals surface area (Å²) in [4.78, 5) is 12.4. The van der Waals surface area contributed by atoms with Gasteiger partial charge in [0.15, 0.2) is 11.5 Å². The molecule has 7 nitrogen and oxygen atoms in total. The molecule has 0 spiro atoms. The monoisotopic (exact) mass is 339 g/mol. The van der Waals surface area contributed by atoms with Gasteiger partial charge in [-0.1, -0.05) is 22.0 Å². The van der Waals surface area contributed by atoms with Gasteiger partial charge in [-0.15, -0.1) is 0 Å². The van der Waals surface area contributed by atoms with E-state index in [2.05, 4.69) is 30.9 Å². The summed E-state index contributed by atoms with van der Waals surface area (Å²) in [6.45, 7) is -0.0652. The van der Waals surface area contributed by atoms with E-state index >= 15 is 0 Å². The van der Waals surface area contributed by atoms with E-state index in [0.29, 0.717) is 17.0 Å². The van der Waals surface area contributed by atoms with Crippen molar-refractivity contribution in [1.29, 1.82) is 0 Å². The Morgan fingerprint density at radius 2 is 2.05 bits per heavy atom. The molecule has 0 saturated heterocycles. The molecule has 0 unspecified atom stereocenters. The lowest BCUT2D eigenvalue weighted by Crippen LogP contribution is -2.25. The minimum atomic E-state index is -0.136. The highest BCUT2D eigenvalue weighted by Gasteiger charge is 2.37. The van der Waals surface area contributed by atoms with E-state index < -0.39 is 0 Å². The number of allylic oxidation sites excluding steroid dienone is 1. The Kier molecular flexibility index (Phi) is 3.45. The Labute approximate surface area is 123 Å². The predicted octanol–water partition coefficient (Wildman–Crippen LogP) is 0.459. The maximum atomic E-state index is 9.62. The summed E-state index contributed by atoms with van der Waals surface area (Å²) in [6.07, 6.45) is 4.99. The number of imidazole rings is 1. The van der Waals surface area contributed by atoms with Gasteiger partial charge < -0.3 is 20.5 Å². The number of aliphatic hydroxyl groups excluding tert-OH is 2. The van der Waals surface area contributed by atoms with Crippen LogP contribution >= 0.6 is 15.9 Å². The van der Waals surface area contributed by atoms with Crippen LogP contribution in [0.15, 0.2) is 23.2 Å². The van der Waals surface area contributed by atoms with Crippen molar-refractivity contribution in [3.63, 3.8) is 0 Å². The van der Waals surface area contributed by atoms with E-state index in [4.69, 9.17) is 5.73 Å². The maximum absolute atomic E-state index is 9.62. The summed E-state index contributed by atoms with van der Waals surface area (Å²) in [5.74, 6) is 0.0682. The average molecular weight is 340 g/mol. The number of anilines is 1. The van der Waals surface area contributed by atoms with Crippen molar-refractivity contribution >= 4 is 32.9 Å². The van der Waals surface area contributed by atoms with Gasteiger partial charge in [-0.25, -0.2) is 15.0 Å². The number of nitrogens with zero attached hydrogens (tertiary/aromatic N) is 4. The standard InChI is InChI=1S/C12H14BrN5O2/c13-8-1-9(7(3-20)6(8)2-19)18-5-17-10-11(14)15-4-16-12(10)18/h1,4-7,9,19-20H,2-3H2,(H2,14,15,16)/t6-,7-,9-/m1/s1. The first-order valence-corrected chi connectivity index (χ1v) is 6.98. The number of halogens is 1. The molecule has 2 aromatic heterocycles. The second-order valence-electron chi connectivity index (χ2n) is 4.76. The van der Waals surface area contributed by atoms with Crippen LogP contribution < -0.4 is 5.73 Å². The first kappa shape index (κ1) is 13.5. The fourth-order valence-electron chi connectivity index (χ4n) is 2.69. The van der Waals surface area contributed by atoms with Crippen molar-refractivity contribution in [2.75, 3.05) is 18.9 Å². The summed E-state index contributed by atoms with van der Waals surface area (Å²) in [5, 5.41) is 19.1. The highest BCUT2D eigenvalue weighted by atomic mass is 79.9. The number of aromatic nitrogens is 4. The molecule has 8 heteroatoms. The van der Waals surface area contributed by atoms with Gasteiger partial charge in [0.2, 0.25) is 0 Å². The molecule has 3 atom stereocenters. The minimum Gasteiger partial charge on any atom is -0.396 e. The number of nitrogen functional groups attached to an aromatic ring is 1. The molecular formula is C12H14BrN5O2. The normalized spacial score (nSPS) is 26.1. The minimum absolute atomic E-state index is 0.0252. The second kappa shape index (κ2) is 5.12. The van der Waals surface area contributed by atoms with E-state index in [9.17, 15) is 10.2 Å². The number of fused-ring (bicyclic) bond motifs is 1. The molecular weight excluding hydrogens is 326 g/mol. The quantitative estimate of drug-likeness (QED) is 0.749. The van der Waals surface area contributed by atoms with Crippen molar-refractivity contribution in [2.45, 2.75) is 6.04 Å². The molecule has 0 saturated carbocycles. The topological polar surface area (TPSA) is 110 Å². The van der Waals surface area contributed by atoms with E-state index in [0.717, 1.165) is 4.48 Å². The van der Waals surface area contributed by atoms with Crippen LogP contribution in [0.5, 0.6) is 0 Å². The SMILES string of the molecule is Nc1ncnc2c1ncn2[C@@H]1C=C(Br)[C@H](CO)[C@H]1CO. The van der Waals surface area contributed by atoms with Crippen molar-refractivity contribution in [3.8, 4) is 0 Å². The van der Waals surface area contributed by atoms with Crippen molar-refractivity contribution in [1.82, 2.24) is 19.5 Å². The first-order chi connectivity index (χ1) is 9.67. The van der Waals surface area contributed by atoms with Gasteiger partial charge in [-0.05, 0) is 4.48 Å². The van der Waals surface area contributed by atoms with Gasteiger partial charge in [0.25, 0.3) is 0 Å². The number of nitrogens with two attached hydrogens (primary N) is 1. The third-order valence-electron chi connectivity index (χ3n) is 3.76. The molecule has 2 aromatic rings. The van der Waals surface area contributed by atoms with Crippen molar-refractivity contribution in [3.05, 3.63) is 23.2 Å². The summed E-state index contributed by atoms with van der Waals surface area (Å²) >= 11 is 3.45. The fourth-order valence-corrected chi connectivity index (χ4v) is 3.44. The lowest BCUT2D eigenvalue weighted by molar-refractivity contribution is 0.131. The van der Waals surface area contributed by atoms with E-state index in [1.165, 1.54) is 6.33 Å². The molecule has 0 bridgehead atoms. The molecule has 0 fully saturated rings. The third-order valence-corrected chi connectivity index (χ3v) is 4.61. The zero-order valence-electron chi connectivity index (χ0n) is 10.5. The number of hydrogen-bond acceptors (Lipinski definition) is 6. The molecule has 4 N–H and O–H groups in total. The van der Waals surface area contributed by atoms with Crippen LogP contribution in [0.3, 0.4) is 0 Å². The van der Waals surface area contributed by atoms with Crippen LogP contribution in [0.25, 0.3) is 11.2 Å². The van der Waals surface area contributed by atoms with Crippen LogP contribution in [0.1, 0.15) is 6.04 Å². The predicted molar refractivity (Wildman–Crippen MR) is 76.9 cm³/mol. The second-order valence-corrected chi connectivity index (χ2v) is 5.68. The molecule has 1 aliphatic carbocycles. The van der Waals surface area contributed by atoms with Crippen LogP contribution in [0.4, 0.5) is 5.82 Å². The Hall–Kier alpha value is -1.51. The van der Waals surface area contributed by atoms with Gasteiger partial charge in [-0.3, -0.25) is 0 Å². The zero-order chi connectivity index (χ0) is 14.3. The van der Waals surface area contributed by atoms with E-state index in [1.54, 1.807) is 6.33 Å². The molecule has 0 aromatic carbocycles. The summed E-state index contributed by atoms with van der Waals surface area (Å²) in [6, 6.07) is -0.133. The van der Waals surface area contributed by atoms with Gasteiger partial charge in [0, 0.05) is 18.4 Å². The van der Waals surface area contributed by atoms with Gasteiger partial charge >= 0.3 is 0 Å². The van der Waals surface area contributed by atoms with Crippen LogP contribution in [0, 0.1) is 11.8 Å². The Balaban J connectivity index is 2.09. The molecule has 0 radical (unpaired) electrons. The molecule has 0 aliphatic heterocycles. The summed E-state index contributed by atoms with van der Waals surface area (Å²) < 4.78 is 2.73. The molecule has 2 heterocycles. The van der Waals surface area contributed by atoms with Crippen LogP contribution in [-0.4, -0.2) is 42.9 Å². The number of hydrogen-bond donors (Lipinski definition) is 3. The van der Waals surface area contributed by atoms with E-state index in [-0.39, 0.29) is 31.1 Å². The maximum Gasteiger partial charge on any atom is 0.165 e. The van der Waals surface area contributed by atoms with Gasteiger partial charge in [0.1, 0.15) is 11.8 Å². The highest BCUT2D eigenvalue weighted by Crippen LogP contribution is 2.42. The average Bonchev–Trinajstić information content (AvgIpc) is 2.99. The first-order valence-electron chi connectivity index (χ1n) is 6.19. The van der Waals surface area contributed by atoms with E-state index in [1.807, 2.05) is 10.6 Å². The molecule has 1 aliphatic rings. The number of aliphatic hydroxyl groups is 2. The lowest BCUT2D eigenvalue weighted by Gasteiger charge is -2.23. The zero-order valence-corrected chi connectivity index (χ0v) is 12.1. The van der Waals surface area contributed by atoms with Crippen LogP contribution in [-0.2, 0) is 0 Å². The lowest BCUT2D eigenvalue weighted by atomic mass is 9.94. The third kappa shape index (κ3) is 1.91. The van der Waals surface area contributed by atoms with Crippen LogP contribution in [0.2, 0.25) is 0 Å². The Morgan fingerprint density at radius 1 is 1.25 bits per heavy atom. The highest BCUT2D eigenvalue weighted by molar-refractivity contribution is 9.11. The summed E-state index contributed by atoms with van der Waals surface area (Å²) in [5.41, 5.74) is 6.94. The molecule has 3 rings (SSSR count). The summed E-state index contributed by atoms with van der Waals surface area (Å²) in [7, 11) is 0. The van der Waals surface area contributed by atoms with Gasteiger partial charge in [0.05, 0.1) is 19.0 Å². The molecule has 20 heavy (non-hydrogen) atoms. The van der Waals surface area contributed by atoms with Gasteiger partial charge in [-0.2, -0.15) is 0 Å². The molecule has 0 amide bonds. The largest absolute Gasteiger partial charge is 0.396 e. The molecule has 106 valence electrons. The Bertz CT molecular complexity index is 671. The fraction of sp³-hybridized carbons (Fsp3) is 0.417.